The number of hydrogen-bond donors (Lipinski definition) is 0. The first-order valence-corrected chi connectivity index (χ1v) is 17.8. The molecule has 9 aromatic rings. The van der Waals surface area contributed by atoms with Crippen molar-refractivity contribution >= 4 is 21.4 Å². The summed E-state index contributed by atoms with van der Waals surface area (Å²) in [4.78, 5) is 16.0. The molecule has 0 saturated heterocycles. The molecule has 0 bridgehead atoms. The molecular formula is C47H31N3S. The van der Waals surface area contributed by atoms with Gasteiger partial charge >= 0.3 is 0 Å². The fourth-order valence-electron chi connectivity index (χ4n) is 6.65. The predicted molar refractivity (Wildman–Crippen MR) is 213 cm³/mol. The van der Waals surface area contributed by atoms with Crippen LogP contribution in [-0.4, -0.2) is 15.0 Å². The molecule has 9 rings (SSSR count). The van der Waals surface area contributed by atoms with E-state index < -0.39 is 0 Å². The zero-order valence-corrected chi connectivity index (χ0v) is 28.5. The van der Waals surface area contributed by atoms with Gasteiger partial charge in [-0.1, -0.05) is 164 Å². The van der Waals surface area contributed by atoms with Crippen molar-refractivity contribution < 1.29 is 0 Å². The van der Waals surface area contributed by atoms with Gasteiger partial charge in [-0.3, -0.25) is 0 Å². The molecule has 0 amide bonds. The molecule has 51 heavy (non-hydrogen) atoms. The van der Waals surface area contributed by atoms with Gasteiger partial charge in [0.15, 0.2) is 17.5 Å². The Hall–Kier alpha value is -6.49. The zero-order valence-electron chi connectivity index (χ0n) is 27.6. The molecule has 7 aromatic carbocycles. The Balaban J connectivity index is 1.18. The SMILES string of the molecule is c1ccc(-c2nc(-c3ccc(-c4cc(-c5ccccc5)c(-c5ccccc5)c(-c5ccccc5)c4)cc3)nc(-c3cc4ccccc4s3)n2)cc1. The summed E-state index contributed by atoms with van der Waals surface area (Å²) in [5.41, 5.74) is 11.3. The third-order valence-electron chi connectivity index (χ3n) is 9.16. The van der Waals surface area contributed by atoms with Crippen LogP contribution in [0.3, 0.4) is 0 Å². The molecular weight excluding hydrogens is 639 g/mol. The fourth-order valence-corrected chi connectivity index (χ4v) is 7.65. The molecule has 4 heteroatoms. The number of benzene rings is 7. The van der Waals surface area contributed by atoms with Gasteiger partial charge in [-0.05, 0) is 74.2 Å². The van der Waals surface area contributed by atoms with E-state index in [1.165, 1.54) is 43.5 Å². The molecule has 3 nitrogen and oxygen atoms in total. The van der Waals surface area contributed by atoms with Gasteiger partial charge in [-0.15, -0.1) is 11.3 Å². The summed E-state index contributed by atoms with van der Waals surface area (Å²) in [6.45, 7) is 0. The quantitative estimate of drug-likeness (QED) is 0.169. The number of thiophene rings is 1. The van der Waals surface area contributed by atoms with Gasteiger partial charge in [0.25, 0.3) is 0 Å². The lowest BCUT2D eigenvalue weighted by atomic mass is 9.84. The molecule has 2 aromatic heterocycles. The van der Waals surface area contributed by atoms with Gasteiger partial charge < -0.3 is 0 Å². The lowest BCUT2D eigenvalue weighted by molar-refractivity contribution is 1.08. The predicted octanol–water partition coefficient (Wildman–Crippen LogP) is 12.8. The topological polar surface area (TPSA) is 38.7 Å². The van der Waals surface area contributed by atoms with Crippen LogP contribution in [0.4, 0.5) is 0 Å². The third kappa shape index (κ3) is 6.14. The van der Waals surface area contributed by atoms with E-state index in [4.69, 9.17) is 15.0 Å². The van der Waals surface area contributed by atoms with Gasteiger partial charge in [-0.2, -0.15) is 0 Å². The van der Waals surface area contributed by atoms with E-state index in [-0.39, 0.29) is 0 Å². The molecule has 2 heterocycles. The van der Waals surface area contributed by atoms with Crippen molar-refractivity contribution in [2.75, 3.05) is 0 Å². The van der Waals surface area contributed by atoms with Gasteiger partial charge in [-0.25, -0.2) is 15.0 Å². The number of nitrogens with zero attached hydrogens (tertiary/aromatic N) is 3. The summed E-state index contributed by atoms with van der Waals surface area (Å²) in [5, 5.41) is 1.19. The van der Waals surface area contributed by atoms with E-state index in [0.717, 1.165) is 27.1 Å². The Labute approximate surface area is 301 Å². The van der Waals surface area contributed by atoms with E-state index in [0.29, 0.717) is 17.5 Å². The monoisotopic (exact) mass is 669 g/mol. The summed E-state index contributed by atoms with van der Waals surface area (Å²) < 4.78 is 1.21. The molecule has 240 valence electrons. The van der Waals surface area contributed by atoms with Crippen molar-refractivity contribution in [2.24, 2.45) is 0 Å². The number of aromatic nitrogens is 3. The summed E-state index contributed by atoms with van der Waals surface area (Å²) in [5.74, 6) is 1.99. The minimum absolute atomic E-state index is 0.650. The van der Waals surface area contributed by atoms with Crippen LogP contribution in [0.25, 0.3) is 88.1 Å². The summed E-state index contributed by atoms with van der Waals surface area (Å²) >= 11 is 1.70. The fraction of sp³-hybridized carbons (Fsp3) is 0. The highest BCUT2D eigenvalue weighted by molar-refractivity contribution is 7.22. The van der Waals surface area contributed by atoms with Gasteiger partial charge in [0.05, 0.1) is 4.88 Å². The van der Waals surface area contributed by atoms with Crippen LogP contribution in [-0.2, 0) is 0 Å². The van der Waals surface area contributed by atoms with Crippen molar-refractivity contribution in [1.82, 2.24) is 15.0 Å². The highest BCUT2D eigenvalue weighted by Gasteiger charge is 2.18. The largest absolute Gasteiger partial charge is 0.208 e. The molecule has 0 saturated carbocycles. The van der Waals surface area contributed by atoms with Crippen LogP contribution in [0.2, 0.25) is 0 Å². The maximum absolute atomic E-state index is 5.04. The van der Waals surface area contributed by atoms with Gasteiger partial charge in [0.1, 0.15) is 0 Å². The average molecular weight is 670 g/mol. The number of rotatable bonds is 7. The Morgan fingerprint density at radius 1 is 0.314 bits per heavy atom. The van der Waals surface area contributed by atoms with Crippen molar-refractivity contribution in [2.45, 2.75) is 0 Å². The summed E-state index contributed by atoms with van der Waals surface area (Å²) in [7, 11) is 0. The van der Waals surface area contributed by atoms with E-state index in [2.05, 4.69) is 158 Å². The first kappa shape index (κ1) is 30.6. The zero-order chi connectivity index (χ0) is 34.0. The van der Waals surface area contributed by atoms with Crippen LogP contribution >= 0.6 is 11.3 Å². The van der Waals surface area contributed by atoms with E-state index in [1.54, 1.807) is 11.3 Å². The molecule has 0 fully saturated rings. The summed E-state index contributed by atoms with van der Waals surface area (Å²) in [6, 6.07) is 66.1. The van der Waals surface area contributed by atoms with E-state index in [9.17, 15) is 0 Å². The minimum atomic E-state index is 0.650. The molecule has 0 radical (unpaired) electrons. The maximum Gasteiger partial charge on any atom is 0.174 e. The van der Waals surface area contributed by atoms with Crippen molar-refractivity contribution in [1.29, 1.82) is 0 Å². The van der Waals surface area contributed by atoms with Crippen molar-refractivity contribution in [3.8, 4) is 78.0 Å². The highest BCUT2D eigenvalue weighted by atomic mass is 32.1. The second-order valence-electron chi connectivity index (χ2n) is 12.4. The van der Waals surface area contributed by atoms with Gasteiger partial charge in [0.2, 0.25) is 0 Å². The Morgan fingerprint density at radius 2 is 0.745 bits per heavy atom. The standard InChI is InChI=1S/C47H31N3S/c1-5-15-33(16-6-1)40-29-39(30-41(34-17-7-2-8-18-34)44(40)35-19-9-3-10-20-35)32-25-27-37(28-26-32)46-48-45(36-21-11-4-12-22-36)49-47(50-46)43-31-38-23-13-14-24-42(38)51-43/h1-31H. The minimum Gasteiger partial charge on any atom is -0.208 e. The Morgan fingerprint density at radius 3 is 1.29 bits per heavy atom. The number of hydrogen-bond acceptors (Lipinski definition) is 4. The smallest absolute Gasteiger partial charge is 0.174 e. The molecule has 0 unspecified atom stereocenters. The Kier molecular flexibility index (Phi) is 8.05. The van der Waals surface area contributed by atoms with Crippen LogP contribution in [0.1, 0.15) is 0 Å². The third-order valence-corrected chi connectivity index (χ3v) is 10.3. The van der Waals surface area contributed by atoms with E-state index >= 15 is 0 Å². The molecule has 0 aliphatic heterocycles. The van der Waals surface area contributed by atoms with Crippen LogP contribution in [0.15, 0.2) is 188 Å². The number of fused-ring (bicyclic) bond motifs is 1. The lowest BCUT2D eigenvalue weighted by Crippen LogP contribution is -1.99. The first-order valence-electron chi connectivity index (χ1n) is 17.0. The van der Waals surface area contributed by atoms with E-state index in [1.807, 2.05) is 30.3 Å². The maximum atomic E-state index is 5.04. The Bertz CT molecular complexity index is 2500. The highest BCUT2D eigenvalue weighted by Crippen LogP contribution is 2.43. The van der Waals surface area contributed by atoms with Crippen LogP contribution in [0.5, 0.6) is 0 Å². The van der Waals surface area contributed by atoms with Crippen molar-refractivity contribution in [3.63, 3.8) is 0 Å². The first-order chi connectivity index (χ1) is 25.3. The average Bonchev–Trinajstić information content (AvgIpc) is 3.66. The van der Waals surface area contributed by atoms with Gasteiger partial charge in [0, 0.05) is 15.8 Å². The van der Waals surface area contributed by atoms with Crippen molar-refractivity contribution in [3.05, 3.63) is 188 Å². The summed E-state index contributed by atoms with van der Waals surface area (Å²) in [6.07, 6.45) is 0. The molecule has 0 spiro atoms. The molecule has 0 aliphatic carbocycles. The molecule has 0 N–H and O–H groups in total. The van der Waals surface area contributed by atoms with Crippen LogP contribution < -0.4 is 0 Å². The molecule has 0 aliphatic rings. The second-order valence-corrected chi connectivity index (χ2v) is 13.5. The van der Waals surface area contributed by atoms with Crippen LogP contribution in [0, 0.1) is 0 Å². The normalized spacial score (nSPS) is 11.1. The lowest BCUT2D eigenvalue weighted by Gasteiger charge is -2.19. The molecule has 0 atom stereocenters. The second kappa shape index (κ2) is 13.4.